The van der Waals surface area contributed by atoms with E-state index in [0.29, 0.717) is 24.8 Å². The van der Waals surface area contributed by atoms with Crippen LogP contribution in [0.4, 0.5) is 8.78 Å². The van der Waals surface area contributed by atoms with Crippen molar-refractivity contribution in [2.75, 3.05) is 31.8 Å². The number of nitrogens with zero attached hydrogens (tertiary/aromatic N) is 2. The molecule has 12 heteroatoms. The maximum absolute atomic E-state index is 15.7. The molecule has 3 aromatic carbocycles. The van der Waals surface area contributed by atoms with Gasteiger partial charge >= 0.3 is 5.97 Å². The highest BCUT2D eigenvalue weighted by molar-refractivity contribution is 7.99. The molecule has 2 bridgehead atoms. The van der Waals surface area contributed by atoms with Gasteiger partial charge in [-0.25, -0.2) is 13.8 Å². The molecule has 1 aliphatic rings. The first-order valence-corrected chi connectivity index (χ1v) is 19.1. The van der Waals surface area contributed by atoms with Gasteiger partial charge in [-0.1, -0.05) is 51.5 Å². The van der Waals surface area contributed by atoms with Crippen LogP contribution >= 0.6 is 11.8 Å². The van der Waals surface area contributed by atoms with Gasteiger partial charge in [0.1, 0.15) is 30.1 Å². The summed E-state index contributed by atoms with van der Waals surface area (Å²) in [5.74, 6) is 0.195. The van der Waals surface area contributed by atoms with Crippen molar-refractivity contribution < 1.29 is 33.3 Å². The van der Waals surface area contributed by atoms with Crippen molar-refractivity contribution in [3.8, 4) is 11.5 Å². The number of aliphatic hydroxyl groups is 2. The van der Waals surface area contributed by atoms with Crippen LogP contribution in [0.3, 0.4) is 0 Å². The second-order valence-electron chi connectivity index (χ2n) is 14.8. The number of aliphatic hydroxyl groups excluding tert-OH is 2. The molecule has 0 aliphatic carbocycles. The van der Waals surface area contributed by atoms with Crippen molar-refractivity contribution in [2.24, 2.45) is 27.1 Å². The first-order chi connectivity index (χ1) is 25.2. The van der Waals surface area contributed by atoms with E-state index in [1.54, 1.807) is 13.1 Å². The molecule has 53 heavy (non-hydrogen) atoms. The predicted molar refractivity (Wildman–Crippen MR) is 208 cm³/mol. The number of aromatic amines is 1. The van der Waals surface area contributed by atoms with Gasteiger partial charge in [-0.2, -0.15) is 11.8 Å². The Hall–Kier alpha value is -4.26. The van der Waals surface area contributed by atoms with Crippen molar-refractivity contribution >= 4 is 40.3 Å². The summed E-state index contributed by atoms with van der Waals surface area (Å²) in [6, 6.07) is 15.3. The minimum absolute atomic E-state index is 0.0224. The Balaban J connectivity index is 1.53. The number of hydrogen-bond acceptors (Lipinski definition) is 8. The van der Waals surface area contributed by atoms with Gasteiger partial charge < -0.3 is 30.4 Å². The van der Waals surface area contributed by atoms with Crippen molar-refractivity contribution in [2.45, 2.75) is 71.3 Å². The zero-order valence-electron chi connectivity index (χ0n) is 31.0. The highest BCUT2D eigenvalue weighted by Crippen LogP contribution is 2.38. The van der Waals surface area contributed by atoms with Crippen molar-refractivity contribution in [3.05, 3.63) is 94.7 Å². The van der Waals surface area contributed by atoms with Crippen LogP contribution in [0.1, 0.15) is 69.2 Å². The standard InChI is InChI=1S/C41H50F2N4O5S/c1-25(38(50)51-23-28(49)22-48)18-26-8-6-9-27(19-26)41(4)15-7-14-40(2,3)24-53-17-13-31-30-12-16-46-35(30)21-34(43)36(31)52-29-10-11-33(42)32(20-29)37(45-5)47-39(41)44/h6,8-12,16,19-21,25,28,46,48-49H,7,13-15,17-18,22-24H2,1-5H3,(H2,44,45,47). The summed E-state index contributed by atoms with van der Waals surface area (Å²) in [5, 5.41) is 19.5. The average Bonchev–Trinajstić information content (AvgIpc) is 3.60. The van der Waals surface area contributed by atoms with E-state index in [1.807, 2.05) is 49.0 Å². The number of H-pyrrole nitrogens is 1. The van der Waals surface area contributed by atoms with Gasteiger partial charge in [-0.15, -0.1) is 0 Å². The molecule has 0 saturated heterocycles. The summed E-state index contributed by atoms with van der Waals surface area (Å²) >= 11 is 1.82. The topological polar surface area (TPSA) is 143 Å². The van der Waals surface area contributed by atoms with E-state index in [1.165, 1.54) is 31.3 Å². The van der Waals surface area contributed by atoms with Crippen LogP contribution in [-0.2, 0) is 27.8 Å². The lowest BCUT2D eigenvalue weighted by Gasteiger charge is -2.32. The third kappa shape index (κ3) is 9.65. The molecule has 9 nitrogen and oxygen atoms in total. The average molecular weight is 749 g/mol. The summed E-state index contributed by atoms with van der Waals surface area (Å²) in [6.45, 7) is 7.47. The smallest absolute Gasteiger partial charge is 0.309 e. The molecule has 0 amide bonds. The Morgan fingerprint density at radius 1 is 1.13 bits per heavy atom. The van der Waals surface area contributed by atoms with E-state index in [-0.39, 0.29) is 40.8 Å². The molecule has 2 heterocycles. The molecule has 5 N–H and O–H groups in total. The number of aromatic nitrogens is 1. The number of aliphatic imine (C=N–C) groups is 2. The largest absolute Gasteiger partial charge is 0.463 e. The van der Waals surface area contributed by atoms with E-state index in [9.17, 15) is 9.90 Å². The summed E-state index contributed by atoms with van der Waals surface area (Å²) in [6.07, 6.45) is 3.95. The SMILES string of the molecule is CN=C1N=C(N)C(C)(c2cccc(CC(C)C(=O)OCC(O)CO)c2)CCCC(C)(C)CSCCc2c(c(F)cc3[nH]ccc23)Oc2ccc(F)c1c2. The molecular weight excluding hydrogens is 699 g/mol. The van der Waals surface area contributed by atoms with Gasteiger partial charge in [-0.05, 0) is 84.9 Å². The molecule has 4 aromatic rings. The van der Waals surface area contributed by atoms with Crippen LogP contribution in [0, 0.1) is 23.0 Å². The molecule has 1 aliphatic heterocycles. The van der Waals surface area contributed by atoms with Crippen LogP contribution in [0.25, 0.3) is 10.9 Å². The maximum Gasteiger partial charge on any atom is 0.309 e. The number of thioether (sulfide) groups is 1. The number of aryl methyl sites for hydroxylation is 1. The molecule has 5 rings (SSSR count). The predicted octanol–water partition coefficient (Wildman–Crippen LogP) is 7.49. The number of carbonyl (C=O) groups is 1. The van der Waals surface area contributed by atoms with Gasteiger partial charge in [0, 0.05) is 41.2 Å². The van der Waals surface area contributed by atoms with Gasteiger partial charge in [0.15, 0.2) is 17.4 Å². The lowest BCUT2D eigenvalue weighted by molar-refractivity contribution is -0.151. The van der Waals surface area contributed by atoms with E-state index >= 15 is 8.78 Å². The Morgan fingerprint density at radius 3 is 2.68 bits per heavy atom. The van der Waals surface area contributed by atoms with Crippen LogP contribution < -0.4 is 10.5 Å². The maximum atomic E-state index is 15.7. The van der Waals surface area contributed by atoms with Gasteiger partial charge in [0.2, 0.25) is 0 Å². The van der Waals surface area contributed by atoms with Gasteiger partial charge in [0.05, 0.1) is 18.1 Å². The summed E-state index contributed by atoms with van der Waals surface area (Å²) in [5.41, 5.74) is 9.36. The number of rotatable bonds is 7. The molecule has 0 saturated carbocycles. The van der Waals surface area contributed by atoms with Crippen LogP contribution in [-0.4, -0.2) is 70.7 Å². The Kier molecular flexibility index (Phi) is 13.0. The molecule has 3 unspecified atom stereocenters. The molecule has 0 spiro atoms. The number of carbonyl (C=O) groups excluding carboxylic acids is 1. The van der Waals surface area contributed by atoms with Crippen molar-refractivity contribution in [1.29, 1.82) is 0 Å². The summed E-state index contributed by atoms with van der Waals surface area (Å²) in [7, 11) is 1.51. The van der Waals surface area contributed by atoms with Gasteiger partial charge in [0.25, 0.3) is 0 Å². The zero-order valence-corrected chi connectivity index (χ0v) is 31.9. The minimum Gasteiger partial charge on any atom is -0.463 e. The van der Waals surface area contributed by atoms with Crippen LogP contribution in [0.15, 0.2) is 70.8 Å². The second kappa shape index (κ2) is 17.3. The minimum atomic E-state index is -1.13. The number of fused-ring (bicyclic) bond motifs is 5. The molecule has 0 radical (unpaired) electrons. The molecule has 284 valence electrons. The Labute approximate surface area is 314 Å². The van der Waals surface area contributed by atoms with E-state index in [0.717, 1.165) is 46.4 Å². The first-order valence-electron chi connectivity index (χ1n) is 17.9. The van der Waals surface area contributed by atoms with Crippen LogP contribution in [0.5, 0.6) is 11.5 Å². The van der Waals surface area contributed by atoms with E-state index in [2.05, 4.69) is 23.8 Å². The molecule has 3 atom stereocenters. The highest BCUT2D eigenvalue weighted by atomic mass is 32.2. The number of nitrogens with one attached hydrogen (secondary N) is 1. The summed E-state index contributed by atoms with van der Waals surface area (Å²) in [4.78, 5) is 24.9. The monoisotopic (exact) mass is 748 g/mol. The van der Waals surface area contributed by atoms with Crippen LogP contribution in [0.2, 0.25) is 0 Å². The lowest BCUT2D eigenvalue weighted by Crippen LogP contribution is -2.40. The quantitative estimate of drug-likeness (QED) is 0.144. The second-order valence-corrected chi connectivity index (χ2v) is 15.9. The van der Waals surface area contributed by atoms with E-state index < -0.39 is 41.6 Å². The summed E-state index contributed by atoms with van der Waals surface area (Å²) < 4.78 is 42.6. The number of amidine groups is 2. The number of esters is 1. The number of halogens is 2. The number of nitrogens with two attached hydrogens (primary N) is 1. The van der Waals surface area contributed by atoms with Crippen molar-refractivity contribution in [1.82, 2.24) is 4.98 Å². The fraction of sp³-hybridized carbons (Fsp3) is 0.439. The molecule has 0 fully saturated rings. The zero-order chi connectivity index (χ0) is 38.3. The number of ether oxygens (including phenoxy) is 2. The fourth-order valence-electron chi connectivity index (χ4n) is 6.69. The number of benzene rings is 3. The molecular formula is C41H50F2N4O5S. The van der Waals surface area contributed by atoms with Gasteiger partial charge in [-0.3, -0.25) is 9.79 Å². The van der Waals surface area contributed by atoms with Crippen molar-refractivity contribution in [3.63, 3.8) is 0 Å². The first kappa shape index (κ1) is 39.9. The third-order valence-corrected chi connectivity index (χ3v) is 11.4. The van der Waals surface area contributed by atoms with E-state index in [4.69, 9.17) is 25.3 Å². The Bertz CT molecular complexity index is 1980. The normalized spacial score (nSPS) is 20.4. The molecule has 1 aromatic heterocycles. The highest BCUT2D eigenvalue weighted by Gasteiger charge is 2.33. The lowest BCUT2D eigenvalue weighted by atomic mass is 9.74. The number of hydrogen-bond donors (Lipinski definition) is 4. The fourth-order valence-corrected chi connectivity index (χ4v) is 7.88. The Morgan fingerprint density at radius 2 is 1.92 bits per heavy atom. The third-order valence-electron chi connectivity index (χ3n) is 9.92.